The fraction of sp³-hybridized carbons (Fsp3) is 0.0370. The van der Waals surface area contributed by atoms with Gasteiger partial charge in [0.05, 0.1) is 16.9 Å². The van der Waals surface area contributed by atoms with Crippen LogP contribution in [0.4, 0.5) is 24.5 Å². The van der Waals surface area contributed by atoms with Crippen LogP contribution in [0.5, 0.6) is 23.0 Å². The molecule has 0 aliphatic carbocycles. The smallest absolute Gasteiger partial charge is 0.416 e. The van der Waals surface area contributed by atoms with Crippen LogP contribution in [-0.4, -0.2) is 23.6 Å². The fourth-order valence-corrected chi connectivity index (χ4v) is 3.76. The SMILES string of the molecule is O=C1C=CC(=O)N1c1ccc(Oc2cc(Oc3ccc(N4C(=O)C=CC4=O)cc3)cc(C(F)(F)F)c2)cc1. The van der Waals surface area contributed by atoms with E-state index in [9.17, 15) is 32.3 Å². The zero-order chi connectivity index (χ0) is 27.0. The van der Waals surface area contributed by atoms with Gasteiger partial charge < -0.3 is 9.47 Å². The maximum Gasteiger partial charge on any atom is 0.416 e. The number of anilines is 2. The maximum atomic E-state index is 13.6. The molecule has 0 saturated heterocycles. The van der Waals surface area contributed by atoms with E-state index < -0.39 is 35.4 Å². The van der Waals surface area contributed by atoms with Gasteiger partial charge in [-0.1, -0.05) is 0 Å². The topological polar surface area (TPSA) is 93.2 Å². The van der Waals surface area contributed by atoms with E-state index in [-0.39, 0.29) is 34.4 Å². The number of carbonyl (C=O) groups excluding carboxylic acids is 4. The van der Waals surface area contributed by atoms with Crippen LogP contribution in [0.2, 0.25) is 0 Å². The molecule has 3 aromatic rings. The summed E-state index contributed by atoms with van der Waals surface area (Å²) in [6.07, 6.45) is -0.168. The summed E-state index contributed by atoms with van der Waals surface area (Å²) < 4.78 is 51.9. The normalized spacial score (nSPS) is 15.1. The van der Waals surface area contributed by atoms with E-state index in [1.165, 1.54) is 54.6 Å². The lowest BCUT2D eigenvalue weighted by atomic mass is 10.2. The minimum atomic E-state index is -4.70. The Morgan fingerprint density at radius 1 is 0.500 bits per heavy atom. The van der Waals surface area contributed by atoms with Gasteiger partial charge in [-0.25, -0.2) is 9.80 Å². The molecule has 8 nitrogen and oxygen atoms in total. The van der Waals surface area contributed by atoms with Gasteiger partial charge >= 0.3 is 6.18 Å². The summed E-state index contributed by atoms with van der Waals surface area (Å²) >= 11 is 0. The van der Waals surface area contributed by atoms with E-state index >= 15 is 0 Å². The number of halogens is 3. The lowest BCUT2D eigenvalue weighted by Gasteiger charge is -2.16. The van der Waals surface area contributed by atoms with E-state index in [4.69, 9.17) is 9.47 Å². The molecule has 2 aliphatic heterocycles. The number of imide groups is 2. The van der Waals surface area contributed by atoms with Crippen LogP contribution in [0, 0.1) is 0 Å². The second kappa shape index (κ2) is 9.36. The van der Waals surface area contributed by atoms with Crippen LogP contribution < -0.4 is 19.3 Å². The highest BCUT2D eigenvalue weighted by Gasteiger charge is 2.32. The molecule has 4 amide bonds. The Balaban J connectivity index is 1.36. The summed E-state index contributed by atoms with van der Waals surface area (Å²) in [5.74, 6) is -2.06. The van der Waals surface area contributed by atoms with Crippen molar-refractivity contribution >= 4 is 35.0 Å². The number of ether oxygens (including phenoxy) is 2. The quantitative estimate of drug-likeness (QED) is 0.418. The molecule has 0 radical (unpaired) electrons. The van der Waals surface area contributed by atoms with Gasteiger partial charge in [0.15, 0.2) is 0 Å². The number of hydrogen-bond acceptors (Lipinski definition) is 6. The van der Waals surface area contributed by atoms with Crippen molar-refractivity contribution in [3.05, 3.63) is 96.6 Å². The molecule has 11 heteroatoms. The number of benzene rings is 3. The highest BCUT2D eigenvalue weighted by molar-refractivity contribution is 6.28. The first kappa shape index (κ1) is 24.5. The first-order chi connectivity index (χ1) is 18.1. The summed E-state index contributed by atoms with van der Waals surface area (Å²) in [7, 11) is 0. The Morgan fingerprint density at radius 2 is 0.842 bits per heavy atom. The van der Waals surface area contributed by atoms with Crippen LogP contribution >= 0.6 is 0 Å². The maximum absolute atomic E-state index is 13.6. The van der Waals surface area contributed by atoms with Gasteiger partial charge in [0.1, 0.15) is 23.0 Å². The van der Waals surface area contributed by atoms with Gasteiger partial charge in [-0.05, 0) is 60.7 Å². The summed E-state index contributed by atoms with van der Waals surface area (Å²) in [6, 6.07) is 14.2. The van der Waals surface area contributed by atoms with Crippen molar-refractivity contribution in [1.29, 1.82) is 0 Å². The van der Waals surface area contributed by atoms with Crippen molar-refractivity contribution in [3.63, 3.8) is 0 Å². The molecule has 0 saturated carbocycles. The van der Waals surface area contributed by atoms with Crippen molar-refractivity contribution in [2.75, 3.05) is 9.80 Å². The standard InChI is InChI=1S/C27H15F3N2O6/c28-27(29,30)16-13-21(37-19-5-1-17(2-6-19)31-23(33)9-10-24(31)34)15-22(14-16)38-20-7-3-18(4-8-20)32-25(35)11-12-26(32)36/h1-15H. The van der Waals surface area contributed by atoms with Crippen molar-refractivity contribution < 1.29 is 41.8 Å². The Morgan fingerprint density at radius 3 is 1.16 bits per heavy atom. The van der Waals surface area contributed by atoms with E-state index in [0.29, 0.717) is 0 Å². The molecule has 38 heavy (non-hydrogen) atoms. The van der Waals surface area contributed by atoms with Gasteiger partial charge in [0, 0.05) is 30.4 Å². The van der Waals surface area contributed by atoms with Gasteiger partial charge in [-0.15, -0.1) is 0 Å². The third-order valence-electron chi connectivity index (χ3n) is 5.49. The molecular weight excluding hydrogens is 505 g/mol. The third-order valence-corrected chi connectivity index (χ3v) is 5.49. The van der Waals surface area contributed by atoms with E-state index in [1.54, 1.807) is 0 Å². The number of hydrogen-bond donors (Lipinski definition) is 0. The van der Waals surface area contributed by atoms with Crippen molar-refractivity contribution in [2.45, 2.75) is 6.18 Å². The van der Waals surface area contributed by atoms with Gasteiger partial charge in [0.2, 0.25) is 0 Å². The first-order valence-corrected chi connectivity index (χ1v) is 11.0. The summed E-state index contributed by atoms with van der Waals surface area (Å²) in [5, 5.41) is 0. The number of carbonyl (C=O) groups is 4. The van der Waals surface area contributed by atoms with Crippen LogP contribution in [0.1, 0.15) is 5.56 Å². The average molecular weight is 520 g/mol. The van der Waals surface area contributed by atoms with Crippen LogP contribution in [-0.2, 0) is 25.4 Å². The molecule has 190 valence electrons. The van der Waals surface area contributed by atoms with E-state index in [1.807, 2.05) is 0 Å². The predicted octanol–water partition coefficient (Wildman–Crippen LogP) is 5.15. The van der Waals surface area contributed by atoms with E-state index in [0.717, 1.165) is 46.2 Å². The predicted molar refractivity (Wildman–Crippen MR) is 128 cm³/mol. The molecule has 0 N–H and O–H groups in total. The van der Waals surface area contributed by atoms with Crippen LogP contribution in [0.15, 0.2) is 91.0 Å². The van der Waals surface area contributed by atoms with Crippen molar-refractivity contribution in [3.8, 4) is 23.0 Å². The molecule has 0 spiro atoms. The number of alkyl halides is 3. The van der Waals surface area contributed by atoms with Gasteiger partial charge in [-0.2, -0.15) is 13.2 Å². The molecule has 0 fully saturated rings. The minimum Gasteiger partial charge on any atom is -0.457 e. The molecule has 0 bridgehead atoms. The Labute approximate surface area is 212 Å². The number of amides is 4. The second-order valence-electron chi connectivity index (χ2n) is 8.07. The highest BCUT2D eigenvalue weighted by atomic mass is 19.4. The lowest BCUT2D eigenvalue weighted by Crippen LogP contribution is -2.29. The third kappa shape index (κ3) is 4.89. The Bertz CT molecular complexity index is 1380. The van der Waals surface area contributed by atoms with Crippen molar-refractivity contribution in [2.24, 2.45) is 0 Å². The molecule has 5 rings (SSSR count). The monoisotopic (exact) mass is 520 g/mol. The molecular formula is C27H15F3N2O6. The largest absolute Gasteiger partial charge is 0.457 e. The zero-order valence-electron chi connectivity index (χ0n) is 19.1. The highest BCUT2D eigenvalue weighted by Crippen LogP contribution is 2.38. The molecule has 3 aromatic carbocycles. The fourth-order valence-electron chi connectivity index (χ4n) is 3.76. The first-order valence-electron chi connectivity index (χ1n) is 11.0. The van der Waals surface area contributed by atoms with E-state index in [2.05, 4.69) is 0 Å². The minimum absolute atomic E-state index is 0.156. The van der Waals surface area contributed by atoms with Crippen molar-refractivity contribution in [1.82, 2.24) is 0 Å². The van der Waals surface area contributed by atoms with Crippen LogP contribution in [0.25, 0.3) is 0 Å². The van der Waals surface area contributed by atoms with Gasteiger partial charge in [-0.3, -0.25) is 19.2 Å². The number of rotatable bonds is 6. The average Bonchev–Trinajstić information content (AvgIpc) is 3.39. The summed E-state index contributed by atoms with van der Waals surface area (Å²) in [4.78, 5) is 49.2. The molecule has 0 atom stereocenters. The lowest BCUT2D eigenvalue weighted by molar-refractivity contribution is -0.137. The molecule has 0 aromatic heterocycles. The Kier molecular flexibility index (Phi) is 6.03. The second-order valence-corrected chi connectivity index (χ2v) is 8.07. The molecule has 2 aliphatic rings. The molecule has 2 heterocycles. The zero-order valence-corrected chi connectivity index (χ0v) is 19.1. The number of nitrogens with zero attached hydrogens (tertiary/aromatic N) is 2. The molecule has 0 unspecified atom stereocenters. The Hall–Kier alpha value is -5.19. The van der Waals surface area contributed by atoms with Crippen LogP contribution in [0.3, 0.4) is 0 Å². The summed E-state index contributed by atoms with van der Waals surface area (Å²) in [6.45, 7) is 0. The van der Waals surface area contributed by atoms with Gasteiger partial charge in [0.25, 0.3) is 23.6 Å². The summed E-state index contributed by atoms with van der Waals surface area (Å²) in [5.41, 5.74) is -0.458.